The first-order valence-corrected chi connectivity index (χ1v) is 5.84. The summed E-state index contributed by atoms with van der Waals surface area (Å²) in [5.41, 5.74) is 0. The number of amides is 2. The summed E-state index contributed by atoms with van der Waals surface area (Å²) in [7, 11) is 0. The van der Waals surface area contributed by atoms with Crippen LogP contribution in [0, 0.1) is 0 Å². The Balaban J connectivity index is 4.10. The molecule has 0 heterocycles. The predicted molar refractivity (Wildman–Crippen MR) is 62.2 cm³/mol. The van der Waals surface area contributed by atoms with Crippen LogP contribution in [0.25, 0.3) is 0 Å². The molecule has 94 valence electrons. The van der Waals surface area contributed by atoms with Crippen LogP contribution in [0.3, 0.4) is 0 Å². The Morgan fingerprint density at radius 2 is 1.88 bits per heavy atom. The van der Waals surface area contributed by atoms with Crippen LogP contribution >= 0.6 is 0 Å². The Labute approximate surface area is 97.1 Å². The number of hydrogen-bond donors (Lipinski definition) is 1. The van der Waals surface area contributed by atoms with E-state index in [2.05, 4.69) is 5.32 Å². The number of carbonyl (C=O) groups excluding carboxylic acids is 2. The summed E-state index contributed by atoms with van der Waals surface area (Å²) in [6, 6.07) is 0. The van der Waals surface area contributed by atoms with E-state index in [0.29, 0.717) is 19.7 Å². The van der Waals surface area contributed by atoms with Gasteiger partial charge in [-0.2, -0.15) is 0 Å². The van der Waals surface area contributed by atoms with E-state index in [1.807, 2.05) is 13.8 Å². The zero-order valence-electron chi connectivity index (χ0n) is 10.4. The quantitative estimate of drug-likeness (QED) is 0.719. The molecule has 2 amide bonds. The summed E-state index contributed by atoms with van der Waals surface area (Å²) in [6.07, 6.45) is 1.27. The van der Waals surface area contributed by atoms with E-state index in [1.54, 1.807) is 6.92 Å². The van der Waals surface area contributed by atoms with Gasteiger partial charge in [0.25, 0.3) is 0 Å². The Morgan fingerprint density at radius 1 is 1.19 bits per heavy atom. The molecule has 1 N–H and O–H groups in total. The smallest absolute Gasteiger partial charge is 0.410 e. The van der Waals surface area contributed by atoms with Crippen molar-refractivity contribution < 1.29 is 14.3 Å². The lowest BCUT2D eigenvalue weighted by molar-refractivity contribution is -0.122. The summed E-state index contributed by atoms with van der Waals surface area (Å²) < 4.78 is 4.87. The van der Waals surface area contributed by atoms with Crippen LogP contribution in [0.1, 0.15) is 33.6 Å². The Kier molecular flexibility index (Phi) is 8.29. The van der Waals surface area contributed by atoms with Gasteiger partial charge in [-0.15, -0.1) is 0 Å². The molecular weight excluding hydrogens is 208 g/mol. The number of nitrogens with one attached hydrogen (secondary N) is 1. The zero-order valence-corrected chi connectivity index (χ0v) is 10.4. The highest BCUT2D eigenvalue weighted by Gasteiger charge is 2.16. The summed E-state index contributed by atoms with van der Waals surface area (Å²) in [5, 5.41) is 2.73. The highest BCUT2D eigenvalue weighted by molar-refractivity contribution is 5.82. The molecule has 0 saturated carbocycles. The van der Waals surface area contributed by atoms with Crippen LogP contribution in [0.15, 0.2) is 0 Å². The number of rotatable bonds is 7. The van der Waals surface area contributed by atoms with Gasteiger partial charge in [-0.3, -0.25) is 9.69 Å². The van der Waals surface area contributed by atoms with Crippen LogP contribution in [-0.2, 0) is 9.53 Å². The predicted octanol–water partition coefficient (Wildman–Crippen LogP) is 1.38. The van der Waals surface area contributed by atoms with E-state index in [0.717, 1.165) is 12.8 Å². The maximum atomic E-state index is 11.5. The van der Waals surface area contributed by atoms with E-state index < -0.39 is 6.09 Å². The molecule has 5 heteroatoms. The Morgan fingerprint density at radius 3 is 2.38 bits per heavy atom. The molecule has 16 heavy (non-hydrogen) atoms. The summed E-state index contributed by atoms with van der Waals surface area (Å²) in [4.78, 5) is 24.3. The summed E-state index contributed by atoms with van der Waals surface area (Å²) in [6.45, 7) is 7.27. The Bertz CT molecular complexity index is 219. The summed E-state index contributed by atoms with van der Waals surface area (Å²) in [5.74, 6) is -0.136. The Hall–Kier alpha value is -1.26. The highest BCUT2D eigenvalue weighted by Crippen LogP contribution is 1.96. The minimum absolute atomic E-state index is 0.0761. The second-order valence-electron chi connectivity index (χ2n) is 3.47. The maximum Gasteiger partial charge on any atom is 0.410 e. The van der Waals surface area contributed by atoms with E-state index in [1.165, 1.54) is 4.90 Å². The number of nitrogens with zero attached hydrogens (tertiary/aromatic N) is 1. The molecule has 0 unspecified atom stereocenters. The standard InChI is InChI=1S/C11H22N2O3/c1-4-7-12-10(14)9-13(8-5-2)11(15)16-6-3/h4-9H2,1-3H3,(H,12,14). The van der Waals surface area contributed by atoms with Crippen molar-refractivity contribution in [2.24, 2.45) is 0 Å². The van der Waals surface area contributed by atoms with E-state index in [9.17, 15) is 9.59 Å². The SMILES string of the molecule is CCCNC(=O)CN(CCC)C(=O)OCC. The largest absolute Gasteiger partial charge is 0.450 e. The topological polar surface area (TPSA) is 58.6 Å². The van der Waals surface area contributed by atoms with Crippen LogP contribution in [0.4, 0.5) is 4.79 Å². The third-order valence-corrected chi connectivity index (χ3v) is 1.93. The fourth-order valence-corrected chi connectivity index (χ4v) is 1.21. The first kappa shape index (κ1) is 14.7. The van der Waals surface area contributed by atoms with Gasteiger partial charge in [-0.05, 0) is 19.8 Å². The van der Waals surface area contributed by atoms with Crippen LogP contribution in [0.2, 0.25) is 0 Å². The molecule has 0 fully saturated rings. The van der Waals surface area contributed by atoms with Gasteiger partial charge in [0.05, 0.1) is 6.61 Å². The molecule has 0 spiro atoms. The van der Waals surface area contributed by atoms with Crippen molar-refractivity contribution >= 4 is 12.0 Å². The van der Waals surface area contributed by atoms with E-state index in [4.69, 9.17) is 4.74 Å². The van der Waals surface area contributed by atoms with Crippen molar-refractivity contribution in [3.05, 3.63) is 0 Å². The molecule has 0 aromatic heterocycles. The van der Waals surface area contributed by atoms with E-state index >= 15 is 0 Å². The lowest BCUT2D eigenvalue weighted by Gasteiger charge is -2.20. The van der Waals surface area contributed by atoms with Crippen molar-refractivity contribution in [3.8, 4) is 0 Å². The van der Waals surface area contributed by atoms with Crippen molar-refractivity contribution in [2.45, 2.75) is 33.6 Å². The minimum Gasteiger partial charge on any atom is -0.450 e. The fraction of sp³-hybridized carbons (Fsp3) is 0.818. The molecule has 0 atom stereocenters. The van der Waals surface area contributed by atoms with Gasteiger partial charge < -0.3 is 10.1 Å². The average Bonchev–Trinajstić information content (AvgIpc) is 2.26. The normalized spacial score (nSPS) is 9.69. The van der Waals surface area contributed by atoms with Gasteiger partial charge in [-0.25, -0.2) is 4.79 Å². The summed E-state index contributed by atoms with van der Waals surface area (Å²) >= 11 is 0. The molecule has 0 aliphatic rings. The second kappa shape index (κ2) is 9.00. The van der Waals surface area contributed by atoms with Crippen molar-refractivity contribution in [2.75, 3.05) is 26.2 Å². The number of hydrogen-bond acceptors (Lipinski definition) is 3. The van der Waals surface area contributed by atoms with Crippen LogP contribution in [0.5, 0.6) is 0 Å². The minimum atomic E-state index is -0.420. The van der Waals surface area contributed by atoms with Crippen molar-refractivity contribution in [1.29, 1.82) is 0 Å². The molecule has 0 radical (unpaired) electrons. The van der Waals surface area contributed by atoms with Crippen LogP contribution in [-0.4, -0.2) is 43.1 Å². The number of ether oxygens (including phenoxy) is 1. The second-order valence-corrected chi connectivity index (χ2v) is 3.47. The lowest BCUT2D eigenvalue weighted by Crippen LogP contribution is -2.41. The molecule has 0 aliphatic heterocycles. The molecule has 0 saturated heterocycles. The van der Waals surface area contributed by atoms with Gasteiger partial charge >= 0.3 is 6.09 Å². The van der Waals surface area contributed by atoms with Gasteiger partial charge in [0, 0.05) is 13.1 Å². The maximum absolute atomic E-state index is 11.5. The van der Waals surface area contributed by atoms with Gasteiger partial charge in [0.15, 0.2) is 0 Å². The zero-order chi connectivity index (χ0) is 12.4. The first-order chi connectivity index (χ1) is 7.65. The monoisotopic (exact) mass is 230 g/mol. The van der Waals surface area contributed by atoms with Gasteiger partial charge in [0.2, 0.25) is 5.91 Å². The highest BCUT2D eigenvalue weighted by atomic mass is 16.6. The average molecular weight is 230 g/mol. The van der Waals surface area contributed by atoms with Crippen molar-refractivity contribution in [1.82, 2.24) is 10.2 Å². The molecule has 0 aromatic rings. The molecule has 0 rings (SSSR count). The van der Waals surface area contributed by atoms with Gasteiger partial charge in [-0.1, -0.05) is 13.8 Å². The number of carbonyl (C=O) groups is 2. The first-order valence-electron chi connectivity index (χ1n) is 5.84. The molecule has 0 aromatic carbocycles. The molecular formula is C11H22N2O3. The van der Waals surface area contributed by atoms with Gasteiger partial charge in [0.1, 0.15) is 6.54 Å². The van der Waals surface area contributed by atoms with Crippen LogP contribution < -0.4 is 5.32 Å². The molecule has 5 nitrogen and oxygen atoms in total. The lowest BCUT2D eigenvalue weighted by atomic mass is 10.4. The van der Waals surface area contributed by atoms with Crippen molar-refractivity contribution in [3.63, 3.8) is 0 Å². The fourth-order valence-electron chi connectivity index (χ4n) is 1.21. The molecule has 0 aliphatic carbocycles. The van der Waals surface area contributed by atoms with E-state index in [-0.39, 0.29) is 12.5 Å². The third kappa shape index (κ3) is 6.27. The third-order valence-electron chi connectivity index (χ3n) is 1.93. The molecule has 0 bridgehead atoms.